The van der Waals surface area contributed by atoms with Crippen LogP contribution >= 0.6 is 39.3 Å². The van der Waals surface area contributed by atoms with Crippen molar-refractivity contribution in [3.05, 3.63) is 57.0 Å². The number of methoxy groups -OCH3 is 1. The average Bonchev–Trinajstić information content (AvgIpc) is 2.52. The maximum atomic E-state index is 11.8. The quantitative estimate of drug-likeness (QED) is 0.557. The number of benzene rings is 2. The van der Waals surface area contributed by atoms with E-state index < -0.39 is 5.97 Å². The molecule has 0 bridgehead atoms. The van der Waals surface area contributed by atoms with Crippen LogP contribution in [-0.2, 0) is 4.74 Å². The molecule has 0 saturated heterocycles. The number of esters is 1. The van der Waals surface area contributed by atoms with Gasteiger partial charge < -0.3 is 4.74 Å². The summed E-state index contributed by atoms with van der Waals surface area (Å²) in [6, 6.07) is 10.4. The standard InChI is InChI=1S/C15H10BrClO3S/c1-20-15(19)10-4-2-3-5-12(10)21-14-9(8-18)6-7-11(16)13(14)17/h2-8H,1H3. The first-order valence-corrected chi connectivity index (χ1v) is 7.85. The summed E-state index contributed by atoms with van der Waals surface area (Å²) in [7, 11) is 1.33. The van der Waals surface area contributed by atoms with Gasteiger partial charge in [0.05, 0.1) is 17.7 Å². The molecular formula is C15H10BrClO3S. The van der Waals surface area contributed by atoms with Gasteiger partial charge in [0, 0.05) is 19.8 Å². The number of carbonyl (C=O) groups is 2. The molecule has 0 amide bonds. The van der Waals surface area contributed by atoms with Crippen molar-refractivity contribution in [3.8, 4) is 0 Å². The van der Waals surface area contributed by atoms with Gasteiger partial charge in [0.15, 0.2) is 6.29 Å². The number of aldehydes is 1. The minimum absolute atomic E-state index is 0.429. The molecule has 2 rings (SSSR count). The molecule has 0 heterocycles. The van der Waals surface area contributed by atoms with Crippen LogP contribution in [0.4, 0.5) is 0 Å². The van der Waals surface area contributed by atoms with Crippen LogP contribution in [0.25, 0.3) is 0 Å². The molecule has 2 aromatic rings. The van der Waals surface area contributed by atoms with Crippen LogP contribution in [0.15, 0.2) is 50.7 Å². The van der Waals surface area contributed by atoms with Gasteiger partial charge in [-0.25, -0.2) is 4.79 Å². The van der Waals surface area contributed by atoms with E-state index in [1.165, 1.54) is 18.9 Å². The number of rotatable bonds is 4. The smallest absolute Gasteiger partial charge is 0.339 e. The van der Waals surface area contributed by atoms with Crippen LogP contribution in [0, 0.1) is 0 Å². The molecule has 0 unspecified atom stereocenters. The fourth-order valence-electron chi connectivity index (χ4n) is 1.69. The lowest BCUT2D eigenvalue weighted by Crippen LogP contribution is -2.02. The highest BCUT2D eigenvalue weighted by Gasteiger charge is 2.16. The number of ether oxygens (including phenoxy) is 1. The molecule has 0 N–H and O–H groups in total. The number of carbonyl (C=O) groups excluding carboxylic acids is 2. The number of halogens is 2. The summed E-state index contributed by atoms with van der Waals surface area (Å²) in [5.74, 6) is -0.433. The molecule has 21 heavy (non-hydrogen) atoms. The zero-order chi connectivity index (χ0) is 15.4. The molecule has 2 aromatic carbocycles. The Morgan fingerprint density at radius 3 is 2.67 bits per heavy atom. The molecule has 0 aromatic heterocycles. The SMILES string of the molecule is COC(=O)c1ccccc1Sc1c(C=O)ccc(Br)c1Cl. The third-order valence-electron chi connectivity index (χ3n) is 2.71. The van der Waals surface area contributed by atoms with E-state index in [1.807, 2.05) is 0 Å². The minimum Gasteiger partial charge on any atom is -0.465 e. The van der Waals surface area contributed by atoms with Crippen molar-refractivity contribution >= 4 is 51.5 Å². The molecule has 0 fully saturated rings. The van der Waals surface area contributed by atoms with Crippen LogP contribution in [0.5, 0.6) is 0 Å². The molecule has 3 nitrogen and oxygen atoms in total. The Balaban J connectivity index is 2.51. The molecule has 6 heteroatoms. The van der Waals surface area contributed by atoms with Gasteiger partial charge in [0.1, 0.15) is 0 Å². The molecule has 0 aliphatic rings. The lowest BCUT2D eigenvalue weighted by atomic mass is 10.2. The van der Waals surface area contributed by atoms with Crippen molar-refractivity contribution in [1.29, 1.82) is 0 Å². The Bertz CT molecular complexity index is 703. The van der Waals surface area contributed by atoms with Crippen molar-refractivity contribution in [2.45, 2.75) is 9.79 Å². The lowest BCUT2D eigenvalue weighted by molar-refractivity contribution is 0.0596. The summed E-state index contributed by atoms with van der Waals surface area (Å²) in [5, 5.41) is 0.435. The van der Waals surface area contributed by atoms with Crippen molar-refractivity contribution in [3.63, 3.8) is 0 Å². The van der Waals surface area contributed by atoms with E-state index in [2.05, 4.69) is 15.9 Å². The largest absolute Gasteiger partial charge is 0.465 e. The molecule has 0 saturated carbocycles. The van der Waals surface area contributed by atoms with E-state index in [9.17, 15) is 9.59 Å². The molecule has 0 atom stereocenters. The van der Waals surface area contributed by atoms with E-state index in [-0.39, 0.29) is 0 Å². The summed E-state index contributed by atoms with van der Waals surface area (Å²) < 4.78 is 5.45. The Kier molecular flexibility index (Phi) is 5.45. The molecular weight excluding hydrogens is 376 g/mol. The second-order valence-electron chi connectivity index (χ2n) is 3.99. The molecule has 0 radical (unpaired) electrons. The number of hydrogen-bond acceptors (Lipinski definition) is 4. The first-order valence-electron chi connectivity index (χ1n) is 5.87. The van der Waals surface area contributed by atoms with Crippen LogP contribution in [0.2, 0.25) is 5.02 Å². The van der Waals surface area contributed by atoms with Gasteiger partial charge >= 0.3 is 5.97 Å². The number of hydrogen-bond donors (Lipinski definition) is 0. The maximum Gasteiger partial charge on any atom is 0.339 e. The Morgan fingerprint density at radius 1 is 1.29 bits per heavy atom. The van der Waals surface area contributed by atoms with E-state index in [1.54, 1.807) is 36.4 Å². The highest BCUT2D eigenvalue weighted by molar-refractivity contribution is 9.10. The minimum atomic E-state index is -0.433. The molecule has 108 valence electrons. The predicted octanol–water partition coefficient (Wildman–Crippen LogP) is 4.85. The van der Waals surface area contributed by atoms with Crippen molar-refractivity contribution < 1.29 is 14.3 Å². The van der Waals surface area contributed by atoms with Gasteiger partial charge in [-0.05, 0) is 40.2 Å². The van der Waals surface area contributed by atoms with Gasteiger partial charge in [-0.1, -0.05) is 35.5 Å². The third kappa shape index (κ3) is 3.48. The van der Waals surface area contributed by atoms with Crippen molar-refractivity contribution in [2.24, 2.45) is 0 Å². The van der Waals surface area contributed by atoms with Gasteiger partial charge in [-0.2, -0.15) is 0 Å². The Hall–Kier alpha value is -1.30. The lowest BCUT2D eigenvalue weighted by Gasteiger charge is -2.11. The van der Waals surface area contributed by atoms with Crippen molar-refractivity contribution in [1.82, 2.24) is 0 Å². The zero-order valence-corrected chi connectivity index (χ0v) is 14.1. The second kappa shape index (κ2) is 7.11. The van der Waals surface area contributed by atoms with Crippen LogP contribution in [0.1, 0.15) is 20.7 Å². The summed E-state index contributed by atoms with van der Waals surface area (Å²) in [6.45, 7) is 0. The summed E-state index contributed by atoms with van der Waals surface area (Å²) in [4.78, 5) is 24.2. The van der Waals surface area contributed by atoms with E-state index in [0.29, 0.717) is 30.4 Å². The second-order valence-corrected chi connectivity index (χ2v) is 6.27. The molecule has 0 aliphatic heterocycles. The zero-order valence-electron chi connectivity index (χ0n) is 10.9. The van der Waals surface area contributed by atoms with E-state index in [0.717, 1.165) is 6.29 Å². The first kappa shape index (κ1) is 16.1. The first-order chi connectivity index (χ1) is 10.1. The maximum absolute atomic E-state index is 11.8. The fourth-order valence-corrected chi connectivity index (χ4v) is 3.50. The average molecular weight is 386 g/mol. The van der Waals surface area contributed by atoms with Gasteiger partial charge in [0.25, 0.3) is 0 Å². The van der Waals surface area contributed by atoms with Gasteiger partial charge in [-0.15, -0.1) is 0 Å². The normalized spacial score (nSPS) is 10.2. The Labute approximate surface area is 139 Å². The van der Waals surface area contributed by atoms with Gasteiger partial charge in [0.2, 0.25) is 0 Å². The summed E-state index contributed by atoms with van der Waals surface area (Å²) in [6.07, 6.45) is 0.738. The van der Waals surface area contributed by atoms with Crippen LogP contribution in [0.3, 0.4) is 0 Å². The van der Waals surface area contributed by atoms with Gasteiger partial charge in [-0.3, -0.25) is 4.79 Å². The third-order valence-corrected chi connectivity index (χ3v) is 5.33. The summed E-state index contributed by atoms with van der Waals surface area (Å²) in [5.41, 5.74) is 0.894. The van der Waals surface area contributed by atoms with E-state index in [4.69, 9.17) is 16.3 Å². The Morgan fingerprint density at radius 2 is 2.00 bits per heavy atom. The highest BCUT2D eigenvalue weighted by atomic mass is 79.9. The predicted molar refractivity (Wildman–Crippen MR) is 86.4 cm³/mol. The fraction of sp³-hybridized carbons (Fsp3) is 0.0667. The van der Waals surface area contributed by atoms with Crippen LogP contribution in [-0.4, -0.2) is 19.4 Å². The molecule has 0 aliphatic carbocycles. The highest BCUT2D eigenvalue weighted by Crippen LogP contribution is 2.40. The monoisotopic (exact) mass is 384 g/mol. The van der Waals surface area contributed by atoms with Crippen LogP contribution < -0.4 is 0 Å². The summed E-state index contributed by atoms with van der Waals surface area (Å²) >= 11 is 10.8. The van der Waals surface area contributed by atoms with Crippen molar-refractivity contribution in [2.75, 3.05) is 7.11 Å². The van der Waals surface area contributed by atoms with E-state index >= 15 is 0 Å². The molecule has 0 spiro atoms. The topological polar surface area (TPSA) is 43.4 Å².